The van der Waals surface area contributed by atoms with Gasteiger partial charge < -0.3 is 20.7 Å². The molecule has 0 aliphatic heterocycles. The predicted molar refractivity (Wildman–Crippen MR) is 53.9 cm³/mol. The average molecular weight is 241 g/mol. The van der Waals surface area contributed by atoms with E-state index in [0.717, 1.165) is 6.20 Å². The maximum absolute atomic E-state index is 11.6. The Kier molecular flexibility index (Phi) is 3.81. The lowest BCUT2D eigenvalue weighted by Gasteiger charge is -2.11. The Morgan fingerprint density at radius 3 is 2.65 bits per heavy atom. The highest BCUT2D eigenvalue weighted by Crippen LogP contribution is 2.06. The summed E-state index contributed by atoms with van der Waals surface area (Å²) in [7, 11) is 0. The van der Waals surface area contributed by atoms with Crippen molar-refractivity contribution in [3.63, 3.8) is 0 Å². The third-order valence-corrected chi connectivity index (χ3v) is 2.00. The topological polar surface area (TPSA) is 136 Å². The number of carbonyl (C=O) groups excluding carboxylic acids is 2. The summed E-state index contributed by atoms with van der Waals surface area (Å²) in [6, 6.07) is -1.37. The van der Waals surface area contributed by atoms with Crippen LogP contribution in [0, 0.1) is 6.92 Å². The summed E-state index contributed by atoms with van der Waals surface area (Å²) in [5, 5.41) is 14.3. The van der Waals surface area contributed by atoms with Gasteiger partial charge in [0, 0.05) is 0 Å². The Balaban J connectivity index is 2.74. The van der Waals surface area contributed by atoms with Crippen molar-refractivity contribution in [1.29, 1.82) is 0 Å². The molecule has 1 aromatic heterocycles. The molecule has 0 saturated carbocycles. The van der Waals surface area contributed by atoms with Gasteiger partial charge in [-0.15, -0.1) is 0 Å². The number of aliphatic carboxylic acids is 1. The van der Waals surface area contributed by atoms with Crippen LogP contribution < -0.4 is 11.1 Å². The second-order valence-corrected chi connectivity index (χ2v) is 3.33. The molecule has 17 heavy (non-hydrogen) atoms. The summed E-state index contributed by atoms with van der Waals surface area (Å²) in [5.41, 5.74) is 4.98. The Hall–Kier alpha value is -2.38. The number of aryl methyl sites for hydroxylation is 1. The zero-order valence-electron chi connectivity index (χ0n) is 8.97. The molecule has 0 aliphatic carbocycles. The summed E-state index contributed by atoms with van der Waals surface area (Å²) in [5.74, 6) is -2.59. The molecular formula is C9H11N3O5. The van der Waals surface area contributed by atoms with E-state index in [1.54, 1.807) is 0 Å². The Morgan fingerprint density at radius 1 is 1.59 bits per heavy atom. The SMILES string of the molecule is Cc1oncc1C(=O)N[C@@H](CC(N)=O)C(=O)O. The minimum absolute atomic E-state index is 0.112. The summed E-state index contributed by atoms with van der Waals surface area (Å²) in [6.07, 6.45) is 0.680. The van der Waals surface area contributed by atoms with Gasteiger partial charge in [-0.1, -0.05) is 5.16 Å². The van der Waals surface area contributed by atoms with E-state index in [2.05, 4.69) is 15.0 Å². The first-order valence-corrected chi connectivity index (χ1v) is 4.65. The maximum Gasteiger partial charge on any atom is 0.326 e. The monoisotopic (exact) mass is 241 g/mol. The second-order valence-electron chi connectivity index (χ2n) is 3.33. The Labute approximate surface area is 95.8 Å². The number of carboxylic acid groups (broad SMARTS) is 1. The molecule has 0 spiro atoms. The first-order chi connectivity index (χ1) is 7.91. The van der Waals surface area contributed by atoms with Crippen molar-refractivity contribution in [1.82, 2.24) is 10.5 Å². The van der Waals surface area contributed by atoms with Gasteiger partial charge in [-0.2, -0.15) is 0 Å². The normalized spacial score (nSPS) is 11.8. The average Bonchev–Trinajstić information content (AvgIpc) is 2.62. The highest BCUT2D eigenvalue weighted by molar-refractivity contribution is 5.97. The van der Waals surface area contributed by atoms with E-state index in [9.17, 15) is 14.4 Å². The van der Waals surface area contributed by atoms with E-state index >= 15 is 0 Å². The van der Waals surface area contributed by atoms with E-state index in [1.807, 2.05) is 0 Å². The first-order valence-electron chi connectivity index (χ1n) is 4.65. The molecule has 2 amide bonds. The molecule has 92 valence electrons. The molecule has 0 unspecified atom stereocenters. The van der Waals surface area contributed by atoms with Crippen LogP contribution in [-0.2, 0) is 9.59 Å². The molecule has 0 fully saturated rings. The smallest absolute Gasteiger partial charge is 0.326 e. The van der Waals surface area contributed by atoms with Gasteiger partial charge in [-0.3, -0.25) is 9.59 Å². The van der Waals surface area contributed by atoms with Crippen molar-refractivity contribution < 1.29 is 24.0 Å². The van der Waals surface area contributed by atoms with Crippen molar-refractivity contribution in [2.24, 2.45) is 5.73 Å². The van der Waals surface area contributed by atoms with Crippen molar-refractivity contribution in [2.75, 3.05) is 0 Å². The van der Waals surface area contributed by atoms with Crippen LogP contribution in [0.5, 0.6) is 0 Å². The zero-order valence-corrected chi connectivity index (χ0v) is 8.97. The number of nitrogens with one attached hydrogen (secondary N) is 1. The summed E-state index contributed by atoms with van der Waals surface area (Å²) >= 11 is 0. The lowest BCUT2D eigenvalue weighted by atomic mass is 10.1. The van der Waals surface area contributed by atoms with E-state index in [1.165, 1.54) is 6.92 Å². The number of nitrogens with zero attached hydrogens (tertiary/aromatic N) is 1. The molecule has 8 nitrogen and oxygen atoms in total. The Morgan fingerprint density at radius 2 is 2.24 bits per heavy atom. The van der Waals surface area contributed by atoms with Crippen LogP contribution in [0.2, 0.25) is 0 Å². The molecule has 1 heterocycles. The number of carbonyl (C=O) groups is 3. The molecular weight excluding hydrogens is 230 g/mol. The van der Waals surface area contributed by atoms with E-state index in [4.69, 9.17) is 10.8 Å². The number of nitrogens with two attached hydrogens (primary N) is 1. The number of carboxylic acids is 1. The van der Waals surface area contributed by atoms with Gasteiger partial charge in [0.25, 0.3) is 5.91 Å². The molecule has 1 aromatic rings. The number of hydrogen-bond donors (Lipinski definition) is 3. The molecule has 1 atom stereocenters. The molecule has 0 radical (unpaired) electrons. The van der Waals surface area contributed by atoms with Gasteiger partial charge in [0.15, 0.2) is 0 Å². The minimum atomic E-state index is -1.37. The third-order valence-electron chi connectivity index (χ3n) is 2.00. The fraction of sp³-hybridized carbons (Fsp3) is 0.333. The van der Waals surface area contributed by atoms with Crippen molar-refractivity contribution >= 4 is 17.8 Å². The van der Waals surface area contributed by atoms with Crippen LogP contribution in [0.4, 0.5) is 0 Å². The predicted octanol–water partition coefficient (Wildman–Crippen LogP) is -0.959. The van der Waals surface area contributed by atoms with E-state index in [0.29, 0.717) is 0 Å². The standard InChI is InChI=1S/C9H11N3O5/c1-4-5(3-11-17-4)8(14)12-6(9(15)16)2-7(10)13/h3,6H,2H2,1H3,(H2,10,13)(H,12,14)(H,15,16)/t6-/m0/s1. The Bertz CT molecular complexity index is 453. The van der Waals surface area contributed by atoms with Crippen LogP contribution >= 0.6 is 0 Å². The summed E-state index contributed by atoms with van der Waals surface area (Å²) in [4.78, 5) is 33.0. The quantitative estimate of drug-likeness (QED) is 0.607. The second kappa shape index (κ2) is 5.10. The van der Waals surface area contributed by atoms with Crippen molar-refractivity contribution in [2.45, 2.75) is 19.4 Å². The van der Waals surface area contributed by atoms with Crippen LogP contribution in [0.25, 0.3) is 0 Å². The van der Waals surface area contributed by atoms with Crippen LogP contribution in [0.1, 0.15) is 22.5 Å². The lowest BCUT2D eigenvalue weighted by molar-refractivity contribution is -0.140. The summed E-state index contributed by atoms with van der Waals surface area (Å²) < 4.78 is 4.66. The molecule has 0 aliphatic rings. The number of hydrogen-bond acceptors (Lipinski definition) is 5. The molecule has 1 rings (SSSR count). The number of aromatic nitrogens is 1. The minimum Gasteiger partial charge on any atom is -0.480 e. The van der Waals surface area contributed by atoms with Crippen molar-refractivity contribution in [3.8, 4) is 0 Å². The first kappa shape index (κ1) is 12.7. The third kappa shape index (κ3) is 3.30. The van der Waals surface area contributed by atoms with E-state index < -0.39 is 30.2 Å². The lowest BCUT2D eigenvalue weighted by Crippen LogP contribution is -2.43. The fourth-order valence-corrected chi connectivity index (χ4v) is 1.15. The fourth-order valence-electron chi connectivity index (χ4n) is 1.15. The van der Waals surface area contributed by atoms with Gasteiger partial charge in [0.2, 0.25) is 5.91 Å². The van der Waals surface area contributed by atoms with Crippen LogP contribution in [-0.4, -0.2) is 34.1 Å². The van der Waals surface area contributed by atoms with Gasteiger partial charge >= 0.3 is 5.97 Å². The largest absolute Gasteiger partial charge is 0.480 e. The molecule has 0 saturated heterocycles. The van der Waals surface area contributed by atoms with Gasteiger partial charge in [-0.05, 0) is 6.92 Å². The molecule has 8 heteroatoms. The van der Waals surface area contributed by atoms with Crippen molar-refractivity contribution in [3.05, 3.63) is 17.5 Å². The van der Waals surface area contributed by atoms with Crippen LogP contribution in [0.15, 0.2) is 10.7 Å². The number of amides is 2. The van der Waals surface area contributed by atoms with Gasteiger partial charge in [0.1, 0.15) is 17.4 Å². The molecule has 4 N–H and O–H groups in total. The highest BCUT2D eigenvalue weighted by Gasteiger charge is 2.24. The van der Waals surface area contributed by atoms with Crippen LogP contribution in [0.3, 0.4) is 0 Å². The summed E-state index contributed by atoms with van der Waals surface area (Å²) in [6.45, 7) is 1.51. The zero-order chi connectivity index (χ0) is 13.0. The van der Waals surface area contributed by atoms with Gasteiger partial charge in [-0.25, -0.2) is 4.79 Å². The molecule has 0 aromatic carbocycles. The number of rotatable bonds is 5. The van der Waals surface area contributed by atoms with Gasteiger partial charge in [0.05, 0.1) is 12.6 Å². The highest BCUT2D eigenvalue weighted by atomic mass is 16.5. The van der Waals surface area contributed by atoms with E-state index in [-0.39, 0.29) is 11.3 Å². The number of primary amides is 1. The molecule has 0 bridgehead atoms. The maximum atomic E-state index is 11.6.